The molecule has 0 atom stereocenters. The first-order chi connectivity index (χ1) is 4.33. The second-order valence-corrected chi connectivity index (χ2v) is 2.22. The van der Waals surface area contributed by atoms with E-state index in [1.54, 1.807) is 0 Å². The lowest BCUT2D eigenvalue weighted by Crippen LogP contribution is -2.23. The van der Waals surface area contributed by atoms with E-state index in [0.29, 0.717) is 0 Å². The predicted molar refractivity (Wildman–Crippen MR) is 32.3 cm³/mol. The van der Waals surface area contributed by atoms with Crippen molar-refractivity contribution in [2.24, 2.45) is 0 Å². The Bertz CT molecular complexity index is 135. The van der Waals surface area contributed by atoms with Crippen molar-refractivity contribution in [3.63, 3.8) is 0 Å². The van der Waals surface area contributed by atoms with E-state index in [4.69, 9.17) is 0 Å². The van der Waals surface area contributed by atoms with Gasteiger partial charge < -0.3 is 4.74 Å². The lowest BCUT2D eigenvalue weighted by molar-refractivity contribution is -0.291. The summed E-state index contributed by atoms with van der Waals surface area (Å²) >= 11 is 6.26. The first kappa shape index (κ1) is 9.76. The third-order valence-electron chi connectivity index (χ3n) is 0.366. The molecule has 0 aliphatic heterocycles. The normalized spacial score (nSPS) is 10.9. The number of thiol groups is 2. The molecule has 0 bridgehead atoms. The molecule has 0 aliphatic carbocycles. The zero-order chi connectivity index (χ0) is 8.36. The molecule has 8 heteroatoms. The van der Waals surface area contributed by atoms with Gasteiger partial charge in [0.2, 0.25) is 0 Å². The molecule has 0 rings (SSSR count). The second kappa shape index (κ2) is 3.24. The molecule has 0 aromatic heterocycles. The second-order valence-electron chi connectivity index (χ2n) is 1.10. The van der Waals surface area contributed by atoms with E-state index in [2.05, 4.69) is 30.4 Å². The Balaban J connectivity index is 3.81. The Labute approximate surface area is 65.2 Å². The van der Waals surface area contributed by atoms with Crippen molar-refractivity contribution >= 4 is 31.7 Å². The van der Waals surface area contributed by atoms with Crippen LogP contribution < -0.4 is 0 Å². The summed E-state index contributed by atoms with van der Waals surface area (Å²) < 4.78 is 36.3. The summed E-state index contributed by atoms with van der Waals surface area (Å²) in [7, 11) is 0. The molecule has 0 spiro atoms. The molecule has 0 fully saturated rings. The number of amides is 1. The number of halogens is 3. The predicted octanol–water partition coefficient (Wildman–Crippen LogP) is 1.63. The number of hydrogen-bond acceptors (Lipinski definition) is 4. The van der Waals surface area contributed by atoms with Gasteiger partial charge >= 0.3 is 12.5 Å². The number of carbonyl (C=O) groups is 1. The third-order valence-corrected chi connectivity index (χ3v) is 0.693. The van der Waals surface area contributed by atoms with Crippen LogP contribution in [0.3, 0.4) is 0 Å². The van der Waals surface area contributed by atoms with Crippen LogP contribution in [0.2, 0.25) is 0 Å². The maximum absolute atomic E-state index is 11.1. The zero-order valence-electron chi connectivity index (χ0n) is 4.29. The number of rotatable bonds is 0. The van der Waals surface area contributed by atoms with Crippen molar-refractivity contribution in [1.29, 1.82) is 0 Å². The fourth-order valence-electron chi connectivity index (χ4n) is 0.140. The van der Waals surface area contributed by atoms with Gasteiger partial charge in [0.25, 0.3) is 0 Å². The van der Waals surface area contributed by atoms with Crippen molar-refractivity contribution in [3.05, 3.63) is 0 Å². The minimum atomic E-state index is -4.99. The molecule has 0 N–H and O–H groups in total. The van der Waals surface area contributed by atoms with Gasteiger partial charge in [-0.25, -0.2) is 4.79 Å². The summed E-state index contributed by atoms with van der Waals surface area (Å²) in [6.45, 7) is 0. The van der Waals surface area contributed by atoms with Crippen LogP contribution in [0, 0.1) is 0 Å². The smallest absolute Gasteiger partial charge is 0.355 e. The van der Waals surface area contributed by atoms with Crippen molar-refractivity contribution in [1.82, 2.24) is 3.71 Å². The molecule has 0 aromatic rings. The summed E-state index contributed by atoms with van der Waals surface area (Å²) in [6.07, 6.45) is -6.68. The zero-order valence-corrected chi connectivity index (χ0v) is 6.08. The maximum Gasteiger partial charge on any atom is 0.576 e. The van der Waals surface area contributed by atoms with Gasteiger partial charge in [-0.2, -0.15) is 3.71 Å². The van der Waals surface area contributed by atoms with Crippen molar-refractivity contribution in [2.75, 3.05) is 0 Å². The average molecular weight is 193 g/mol. The van der Waals surface area contributed by atoms with Gasteiger partial charge in [0.15, 0.2) is 0 Å². The molecule has 0 aliphatic rings. The number of alkyl halides is 3. The molecule has 3 nitrogen and oxygen atoms in total. The van der Waals surface area contributed by atoms with Crippen LogP contribution in [-0.4, -0.2) is 16.2 Å². The van der Waals surface area contributed by atoms with E-state index < -0.39 is 12.5 Å². The molecule has 0 aromatic carbocycles. The Hall–Kier alpha value is -0.240. The average Bonchev–Trinajstić information content (AvgIpc) is 1.60. The van der Waals surface area contributed by atoms with Gasteiger partial charge in [-0.3, -0.25) is 0 Å². The summed E-state index contributed by atoms with van der Waals surface area (Å²) in [6, 6.07) is 0. The van der Waals surface area contributed by atoms with Crippen LogP contribution in [0.25, 0.3) is 0 Å². The molecular weight excluding hydrogens is 191 g/mol. The molecule has 0 unspecified atom stereocenters. The van der Waals surface area contributed by atoms with Crippen LogP contribution >= 0.6 is 25.6 Å². The van der Waals surface area contributed by atoms with Gasteiger partial charge in [-0.05, 0) is 25.6 Å². The van der Waals surface area contributed by atoms with Gasteiger partial charge in [0.1, 0.15) is 0 Å². The topological polar surface area (TPSA) is 29.5 Å². The van der Waals surface area contributed by atoms with Crippen LogP contribution in [0.5, 0.6) is 0 Å². The lowest BCUT2D eigenvalue weighted by atomic mass is 11.2. The highest BCUT2D eigenvalue weighted by molar-refractivity contribution is 7.94. The fourth-order valence-corrected chi connectivity index (χ4v) is 0.221. The number of carbonyl (C=O) groups excluding carboxylic acids is 1. The highest BCUT2D eigenvalue weighted by Crippen LogP contribution is 2.18. The molecule has 0 saturated carbocycles. The summed E-state index contributed by atoms with van der Waals surface area (Å²) in [5, 5.41) is 0. The maximum atomic E-state index is 11.1. The number of nitrogens with zero attached hydrogens (tertiary/aromatic N) is 1. The minimum Gasteiger partial charge on any atom is -0.355 e. The fraction of sp³-hybridized carbons (Fsp3) is 0.500. The molecule has 0 saturated heterocycles. The van der Waals surface area contributed by atoms with Crippen molar-refractivity contribution in [3.8, 4) is 0 Å². The van der Waals surface area contributed by atoms with E-state index >= 15 is 0 Å². The van der Waals surface area contributed by atoms with E-state index in [1.165, 1.54) is 0 Å². The van der Waals surface area contributed by atoms with E-state index in [0.717, 1.165) is 0 Å². The quantitative estimate of drug-likeness (QED) is 0.572. The Morgan fingerprint density at radius 2 is 1.80 bits per heavy atom. The number of ether oxygens (including phenoxy) is 1. The Morgan fingerprint density at radius 3 is 1.90 bits per heavy atom. The van der Waals surface area contributed by atoms with E-state index in [1.807, 2.05) is 0 Å². The lowest BCUT2D eigenvalue weighted by Gasteiger charge is -2.09. The molecule has 1 amide bonds. The minimum absolute atomic E-state index is 0.0769. The number of hydrogen-bond donors (Lipinski definition) is 2. The highest BCUT2D eigenvalue weighted by Gasteiger charge is 2.35. The van der Waals surface area contributed by atoms with E-state index in [-0.39, 0.29) is 3.71 Å². The van der Waals surface area contributed by atoms with Crippen molar-refractivity contribution in [2.45, 2.75) is 6.36 Å². The largest absolute Gasteiger partial charge is 0.576 e. The molecule has 60 valence electrons. The van der Waals surface area contributed by atoms with E-state index in [9.17, 15) is 18.0 Å². The summed E-state index contributed by atoms with van der Waals surface area (Å²) in [5.41, 5.74) is 0. The molecule has 10 heavy (non-hydrogen) atoms. The first-order valence-electron chi connectivity index (χ1n) is 1.80. The SMILES string of the molecule is O=C(OC(F)(F)F)N(S)S. The molecule has 0 radical (unpaired) electrons. The Morgan fingerprint density at radius 1 is 1.40 bits per heavy atom. The van der Waals surface area contributed by atoms with Crippen LogP contribution in [0.15, 0.2) is 0 Å². The standard InChI is InChI=1S/C2H2F3NO2S2/c3-2(4,5)8-1(7)6(9)10/h9-10H. The van der Waals surface area contributed by atoms with Gasteiger partial charge in [0.05, 0.1) is 0 Å². The van der Waals surface area contributed by atoms with Gasteiger partial charge in [0, 0.05) is 0 Å². The van der Waals surface area contributed by atoms with Gasteiger partial charge in [-0.15, -0.1) is 13.2 Å². The van der Waals surface area contributed by atoms with Gasteiger partial charge in [-0.1, -0.05) is 0 Å². The van der Waals surface area contributed by atoms with Crippen LogP contribution in [0.4, 0.5) is 18.0 Å². The highest BCUT2D eigenvalue weighted by atomic mass is 32.2. The summed E-state index contributed by atoms with van der Waals surface area (Å²) in [4.78, 5) is 9.99. The van der Waals surface area contributed by atoms with Crippen molar-refractivity contribution < 1.29 is 22.7 Å². The monoisotopic (exact) mass is 193 g/mol. The third kappa shape index (κ3) is 4.62. The Kier molecular flexibility index (Phi) is 3.16. The molecular formula is C2H2F3NO2S2. The van der Waals surface area contributed by atoms with Crippen LogP contribution in [0.1, 0.15) is 0 Å². The first-order valence-corrected chi connectivity index (χ1v) is 2.60. The summed E-state index contributed by atoms with van der Waals surface area (Å²) in [5.74, 6) is 0. The van der Waals surface area contributed by atoms with Crippen LogP contribution in [-0.2, 0) is 4.74 Å². The molecule has 0 heterocycles.